The lowest BCUT2D eigenvalue weighted by molar-refractivity contribution is -0.116. The highest BCUT2D eigenvalue weighted by atomic mass is 16.5. The lowest BCUT2D eigenvalue weighted by atomic mass is 10.1. The molecule has 0 radical (unpaired) electrons. The van der Waals surface area contributed by atoms with Crippen molar-refractivity contribution >= 4 is 40.2 Å². The molecule has 3 aromatic rings. The lowest BCUT2D eigenvalue weighted by Gasteiger charge is -2.38. The molecule has 0 bridgehead atoms. The maximum atomic E-state index is 12.2. The maximum absolute atomic E-state index is 12.2. The number of nitrogens with one attached hydrogen (secondary N) is 2. The van der Waals surface area contributed by atoms with E-state index in [0.717, 1.165) is 67.6 Å². The minimum atomic E-state index is 0.0578. The van der Waals surface area contributed by atoms with Gasteiger partial charge in [-0.1, -0.05) is 12.1 Å². The number of hydrogen-bond donors (Lipinski definition) is 2. The summed E-state index contributed by atoms with van der Waals surface area (Å²) in [6.07, 6.45) is 2.64. The first-order chi connectivity index (χ1) is 17.9. The van der Waals surface area contributed by atoms with E-state index in [9.17, 15) is 4.79 Å². The highest BCUT2D eigenvalue weighted by molar-refractivity contribution is 5.98. The van der Waals surface area contributed by atoms with E-state index in [1.807, 2.05) is 29.2 Å². The quantitative estimate of drug-likeness (QED) is 0.472. The summed E-state index contributed by atoms with van der Waals surface area (Å²) in [5.74, 6) is 1.54. The van der Waals surface area contributed by atoms with Crippen molar-refractivity contribution in [2.24, 2.45) is 0 Å². The Morgan fingerprint density at radius 1 is 0.973 bits per heavy atom. The van der Waals surface area contributed by atoms with Gasteiger partial charge in [-0.25, -0.2) is 4.98 Å². The molecule has 1 fully saturated rings. The number of benzene rings is 2. The van der Waals surface area contributed by atoms with Crippen molar-refractivity contribution in [2.45, 2.75) is 33.2 Å². The molecule has 2 aromatic carbocycles. The highest BCUT2D eigenvalue weighted by Crippen LogP contribution is 2.38. The molecule has 0 aliphatic carbocycles. The minimum Gasteiger partial charge on any atom is -0.494 e. The SMILES string of the molecule is COc1cc(N2CCN(C(C)C)CC2)ccc1Nc1cc(Nc2cccc3c2N(C(C)=O)CC3)ccn1. The van der Waals surface area contributed by atoms with Crippen LogP contribution < -0.4 is 25.2 Å². The van der Waals surface area contributed by atoms with Gasteiger partial charge in [-0.2, -0.15) is 0 Å². The fourth-order valence-electron chi connectivity index (χ4n) is 5.22. The normalized spacial score (nSPS) is 15.6. The van der Waals surface area contributed by atoms with Crippen molar-refractivity contribution in [3.05, 3.63) is 60.3 Å². The minimum absolute atomic E-state index is 0.0578. The van der Waals surface area contributed by atoms with Crippen molar-refractivity contribution in [3.63, 3.8) is 0 Å². The van der Waals surface area contributed by atoms with Gasteiger partial charge in [0.05, 0.1) is 24.2 Å². The zero-order valence-corrected chi connectivity index (χ0v) is 22.1. The van der Waals surface area contributed by atoms with E-state index >= 15 is 0 Å². The number of fused-ring (bicyclic) bond motifs is 1. The number of carbonyl (C=O) groups excluding carboxylic acids is 1. The van der Waals surface area contributed by atoms with Crippen LogP contribution in [0, 0.1) is 0 Å². The number of ether oxygens (including phenoxy) is 1. The summed E-state index contributed by atoms with van der Waals surface area (Å²) in [6.45, 7) is 11.0. The van der Waals surface area contributed by atoms with E-state index in [1.165, 1.54) is 11.3 Å². The molecule has 2 aliphatic rings. The van der Waals surface area contributed by atoms with Crippen LogP contribution in [0.25, 0.3) is 0 Å². The van der Waals surface area contributed by atoms with Gasteiger partial charge in [-0.3, -0.25) is 9.69 Å². The number of hydrogen-bond acceptors (Lipinski definition) is 7. The Balaban J connectivity index is 1.31. The number of pyridine rings is 1. The standard InChI is InChI=1S/C29H36N6O2/c1-20(2)33-14-16-34(17-15-33)24-8-9-25(27(19-24)37-4)32-28-18-23(10-12-30-28)31-26-7-5-6-22-11-13-35(21(3)36)29(22)26/h5-10,12,18-20H,11,13-17H2,1-4H3,(H2,30,31,32). The number of para-hydroxylation sites is 1. The first-order valence-corrected chi connectivity index (χ1v) is 13.0. The summed E-state index contributed by atoms with van der Waals surface area (Å²) in [6, 6.07) is 16.9. The predicted molar refractivity (Wildman–Crippen MR) is 151 cm³/mol. The molecular weight excluding hydrogens is 464 g/mol. The number of carbonyl (C=O) groups is 1. The summed E-state index contributed by atoms with van der Waals surface area (Å²) in [4.78, 5) is 23.4. The number of amides is 1. The van der Waals surface area contributed by atoms with E-state index in [4.69, 9.17) is 4.74 Å². The van der Waals surface area contributed by atoms with E-state index < -0.39 is 0 Å². The molecule has 2 N–H and O–H groups in total. The third kappa shape index (κ3) is 5.34. The zero-order valence-electron chi connectivity index (χ0n) is 22.1. The molecule has 0 saturated carbocycles. The number of rotatable bonds is 7. The molecular formula is C29H36N6O2. The van der Waals surface area contributed by atoms with E-state index in [1.54, 1.807) is 20.2 Å². The second kappa shape index (κ2) is 10.7. The Labute approximate surface area is 219 Å². The fraction of sp³-hybridized carbons (Fsp3) is 0.379. The van der Waals surface area contributed by atoms with Crippen molar-refractivity contribution in [3.8, 4) is 5.75 Å². The molecule has 3 heterocycles. The number of piperazine rings is 1. The van der Waals surface area contributed by atoms with Gasteiger partial charge in [0, 0.05) is 75.4 Å². The van der Waals surface area contributed by atoms with Gasteiger partial charge in [-0.15, -0.1) is 0 Å². The van der Waals surface area contributed by atoms with Crippen LogP contribution in [0.4, 0.5) is 34.3 Å². The topological polar surface area (TPSA) is 73.0 Å². The molecule has 0 spiro atoms. The van der Waals surface area contributed by atoms with Gasteiger partial charge in [0.2, 0.25) is 5.91 Å². The average Bonchev–Trinajstić information content (AvgIpc) is 3.35. The third-order valence-electron chi connectivity index (χ3n) is 7.27. The van der Waals surface area contributed by atoms with Crippen LogP contribution in [0.3, 0.4) is 0 Å². The smallest absolute Gasteiger partial charge is 0.223 e. The van der Waals surface area contributed by atoms with Crippen LogP contribution in [0.2, 0.25) is 0 Å². The predicted octanol–water partition coefficient (Wildman–Crippen LogP) is 5.02. The number of nitrogens with zero attached hydrogens (tertiary/aromatic N) is 4. The molecule has 1 aromatic heterocycles. The first-order valence-electron chi connectivity index (χ1n) is 13.0. The van der Waals surface area contributed by atoms with Crippen molar-refractivity contribution in [2.75, 3.05) is 60.3 Å². The van der Waals surface area contributed by atoms with E-state index in [2.05, 4.69) is 63.5 Å². The van der Waals surface area contributed by atoms with Crippen LogP contribution in [-0.4, -0.2) is 61.7 Å². The molecule has 8 heteroatoms. The van der Waals surface area contributed by atoms with Crippen molar-refractivity contribution < 1.29 is 9.53 Å². The second-order valence-corrected chi connectivity index (χ2v) is 9.92. The number of aromatic nitrogens is 1. The molecule has 5 rings (SSSR count). The molecule has 0 unspecified atom stereocenters. The average molecular weight is 501 g/mol. The van der Waals surface area contributed by atoms with Crippen LogP contribution in [0.1, 0.15) is 26.3 Å². The van der Waals surface area contributed by atoms with Gasteiger partial charge in [0.1, 0.15) is 11.6 Å². The molecule has 1 amide bonds. The van der Waals surface area contributed by atoms with E-state index in [0.29, 0.717) is 11.9 Å². The van der Waals surface area contributed by atoms with Gasteiger partial charge in [-0.05, 0) is 50.1 Å². The van der Waals surface area contributed by atoms with Gasteiger partial charge in [0.15, 0.2) is 0 Å². The molecule has 8 nitrogen and oxygen atoms in total. The Morgan fingerprint density at radius 3 is 2.51 bits per heavy atom. The Morgan fingerprint density at radius 2 is 1.78 bits per heavy atom. The van der Waals surface area contributed by atoms with Crippen LogP contribution in [0.5, 0.6) is 5.75 Å². The molecule has 37 heavy (non-hydrogen) atoms. The third-order valence-corrected chi connectivity index (χ3v) is 7.27. The Kier molecular flexibility index (Phi) is 7.19. The van der Waals surface area contributed by atoms with Gasteiger partial charge >= 0.3 is 0 Å². The van der Waals surface area contributed by atoms with Crippen LogP contribution in [-0.2, 0) is 11.2 Å². The largest absolute Gasteiger partial charge is 0.494 e. The molecule has 2 aliphatic heterocycles. The fourth-order valence-corrected chi connectivity index (χ4v) is 5.22. The first kappa shape index (κ1) is 24.9. The summed E-state index contributed by atoms with van der Waals surface area (Å²) >= 11 is 0. The molecule has 0 atom stereocenters. The maximum Gasteiger partial charge on any atom is 0.223 e. The number of methoxy groups -OCH3 is 1. The Bertz CT molecular complexity index is 1270. The van der Waals surface area contributed by atoms with Crippen LogP contribution in [0.15, 0.2) is 54.7 Å². The van der Waals surface area contributed by atoms with Crippen molar-refractivity contribution in [1.29, 1.82) is 0 Å². The highest BCUT2D eigenvalue weighted by Gasteiger charge is 2.25. The summed E-state index contributed by atoms with van der Waals surface area (Å²) in [5.41, 5.74) is 5.99. The Hall–Kier alpha value is -3.78. The second-order valence-electron chi connectivity index (χ2n) is 9.92. The molecule has 194 valence electrons. The lowest BCUT2D eigenvalue weighted by Crippen LogP contribution is -2.48. The molecule has 1 saturated heterocycles. The van der Waals surface area contributed by atoms with Gasteiger partial charge in [0.25, 0.3) is 0 Å². The summed E-state index contributed by atoms with van der Waals surface area (Å²) in [7, 11) is 1.70. The van der Waals surface area contributed by atoms with Crippen molar-refractivity contribution in [1.82, 2.24) is 9.88 Å². The van der Waals surface area contributed by atoms with Gasteiger partial charge < -0.3 is 25.2 Å². The summed E-state index contributed by atoms with van der Waals surface area (Å²) < 4.78 is 5.74. The summed E-state index contributed by atoms with van der Waals surface area (Å²) in [5, 5.41) is 6.91. The van der Waals surface area contributed by atoms with Crippen LogP contribution >= 0.6 is 0 Å². The monoisotopic (exact) mass is 500 g/mol. The zero-order chi connectivity index (χ0) is 25.9. The number of anilines is 6. The van der Waals surface area contributed by atoms with E-state index in [-0.39, 0.29) is 5.91 Å².